The third-order valence-corrected chi connectivity index (χ3v) is 5.39. The number of hydrogen-bond acceptors (Lipinski definition) is 9. The number of halogens is 1. The zero-order valence-electron chi connectivity index (χ0n) is 26.4. The smallest absolute Gasteiger partial charge is 0.410 e. The van der Waals surface area contributed by atoms with Crippen molar-refractivity contribution in [3.8, 4) is 0 Å². The van der Waals surface area contributed by atoms with Crippen molar-refractivity contribution in [2.45, 2.75) is 60.2 Å². The molecule has 14 heteroatoms. The van der Waals surface area contributed by atoms with Gasteiger partial charge in [0, 0.05) is 39.9 Å². The van der Waals surface area contributed by atoms with Crippen LogP contribution in [0.5, 0.6) is 0 Å². The molecule has 0 bridgehead atoms. The van der Waals surface area contributed by atoms with E-state index in [0.29, 0.717) is 29.6 Å². The summed E-state index contributed by atoms with van der Waals surface area (Å²) >= 11 is 1.96. The molecule has 0 aromatic carbocycles. The highest BCUT2D eigenvalue weighted by molar-refractivity contribution is 14.1. The molecule has 0 radical (unpaired) electrons. The van der Waals surface area contributed by atoms with E-state index in [4.69, 9.17) is 21.7 Å². The second-order valence-electron chi connectivity index (χ2n) is 11.5. The van der Waals surface area contributed by atoms with E-state index in [1.807, 2.05) is 55.5 Å². The maximum Gasteiger partial charge on any atom is 0.410 e. The van der Waals surface area contributed by atoms with E-state index < -0.39 is 29.2 Å². The van der Waals surface area contributed by atoms with Crippen molar-refractivity contribution >= 4 is 58.3 Å². The number of carbonyl (C=O) groups is 4. The van der Waals surface area contributed by atoms with E-state index in [-0.39, 0.29) is 38.4 Å². The number of aromatic nitrogens is 2. The second-order valence-corrected chi connectivity index (χ2v) is 11.5. The minimum Gasteiger partial charge on any atom is -0.481 e. The van der Waals surface area contributed by atoms with Gasteiger partial charge in [0.05, 0.1) is 11.8 Å². The van der Waals surface area contributed by atoms with Gasteiger partial charge in [-0.3, -0.25) is 9.59 Å². The molecule has 0 atom stereocenters. The first-order chi connectivity index (χ1) is 20.5. The monoisotopic (exact) mass is 731 g/mol. The van der Waals surface area contributed by atoms with Crippen molar-refractivity contribution in [3.05, 3.63) is 48.8 Å². The number of alkyl halides is 1. The lowest BCUT2D eigenvalue weighted by Crippen LogP contribution is -2.55. The molecule has 3 amide bonds. The highest BCUT2D eigenvalue weighted by atomic mass is 127. The van der Waals surface area contributed by atoms with Gasteiger partial charge in [-0.15, -0.1) is 0 Å². The Bertz CT molecular complexity index is 1180. The Kier molecular flexibility index (Phi) is 16.4. The third-order valence-electron chi connectivity index (χ3n) is 5.39. The molecule has 0 aliphatic carbocycles. The predicted molar refractivity (Wildman–Crippen MR) is 178 cm³/mol. The standard InChI is InChI=1S/C14H19N3O3.C9H15NO4.C5H6N2.CH3I.CH4/c1-14(2,3)20-13(19)17-8-10(9-17)12(18)16-11-6-4-5-7-15-11;1-9(2,3)14-8(13)10-4-6(5-10)7(11)12;6-5-3-1-2-4-7-5;1-2;/h4-7,10H,8-9H2,1-3H3,(H,15,16,18);6H,4-5H2,1-3H3,(H,11,12);1-4H,(H2,6,7);1H3;1H4/i;;;1D;. The number of nitrogens with two attached hydrogens (primary N) is 1. The molecule has 4 heterocycles. The summed E-state index contributed by atoms with van der Waals surface area (Å²) < 4.78 is 16.5. The molecule has 246 valence electrons. The normalized spacial score (nSPS) is 14.4. The number of carboxylic acids is 1. The van der Waals surface area contributed by atoms with Crippen LogP contribution in [0, 0.1) is 11.8 Å². The van der Waals surface area contributed by atoms with E-state index in [1.54, 1.807) is 57.4 Å². The number of rotatable bonds is 3. The average Bonchev–Trinajstić information content (AvgIpc) is 2.82. The quantitative estimate of drug-likeness (QED) is 0.282. The molecule has 2 aliphatic rings. The van der Waals surface area contributed by atoms with Crippen LogP contribution in [-0.2, 0) is 19.1 Å². The number of pyridine rings is 2. The molecule has 13 nitrogen and oxygen atoms in total. The first kappa shape index (κ1) is 38.3. The molecule has 4 rings (SSSR count). The summed E-state index contributed by atoms with van der Waals surface area (Å²) in [7, 11) is 0. The van der Waals surface area contributed by atoms with Gasteiger partial charge in [0.25, 0.3) is 0 Å². The second kappa shape index (κ2) is 18.9. The molecule has 2 saturated heterocycles. The Hall–Kier alpha value is -3.69. The largest absolute Gasteiger partial charge is 0.481 e. The van der Waals surface area contributed by atoms with Crippen molar-refractivity contribution in [2.75, 3.05) is 42.1 Å². The van der Waals surface area contributed by atoms with Gasteiger partial charge >= 0.3 is 18.2 Å². The zero-order valence-corrected chi connectivity index (χ0v) is 27.6. The maximum atomic E-state index is 11.9. The number of nitrogens with one attached hydrogen (secondary N) is 1. The first-order valence-corrected chi connectivity index (χ1v) is 14.9. The van der Waals surface area contributed by atoms with Gasteiger partial charge in [-0.2, -0.15) is 0 Å². The van der Waals surface area contributed by atoms with E-state index in [1.165, 1.54) is 9.80 Å². The summed E-state index contributed by atoms with van der Waals surface area (Å²) in [6.07, 6.45) is 2.47. The highest BCUT2D eigenvalue weighted by Crippen LogP contribution is 2.21. The molecule has 2 aromatic heterocycles. The van der Waals surface area contributed by atoms with Crippen molar-refractivity contribution < 1.29 is 35.1 Å². The molecular weight excluding hydrogens is 683 g/mol. The minimum absolute atomic E-state index is 0. The van der Waals surface area contributed by atoms with Crippen LogP contribution in [-0.4, -0.2) is 91.2 Å². The topological polar surface area (TPSA) is 177 Å². The van der Waals surface area contributed by atoms with Crippen LogP contribution in [0.2, 0.25) is 0 Å². The van der Waals surface area contributed by atoms with Gasteiger partial charge < -0.3 is 35.4 Å². The van der Waals surface area contributed by atoms with Crippen LogP contribution in [0.25, 0.3) is 0 Å². The van der Waals surface area contributed by atoms with Crippen molar-refractivity contribution in [2.24, 2.45) is 11.8 Å². The van der Waals surface area contributed by atoms with Crippen LogP contribution < -0.4 is 11.1 Å². The fraction of sp³-hybridized carbons (Fsp3) is 0.533. The van der Waals surface area contributed by atoms with Crippen LogP contribution in [0.15, 0.2) is 48.8 Å². The van der Waals surface area contributed by atoms with Crippen molar-refractivity contribution in [3.63, 3.8) is 0 Å². The SMILES string of the molecule is C.CC(C)(C)OC(=O)N1CC(C(=O)Nc2ccccn2)C1.CC(C)(C)OC(=O)N1CC(C(=O)O)C1.Nc1ccccn1.[2H]CI. The van der Waals surface area contributed by atoms with Gasteiger partial charge in [0.15, 0.2) is 0 Å². The van der Waals surface area contributed by atoms with Crippen LogP contribution in [0.4, 0.5) is 21.2 Å². The predicted octanol–water partition coefficient (Wildman–Crippen LogP) is 5.18. The Morgan fingerprint density at radius 2 is 1.32 bits per heavy atom. The number of nitrogens with zero attached hydrogens (tertiary/aromatic N) is 4. The van der Waals surface area contributed by atoms with Gasteiger partial charge in [0.1, 0.15) is 22.8 Å². The molecule has 44 heavy (non-hydrogen) atoms. The summed E-state index contributed by atoms with van der Waals surface area (Å²) in [6.45, 7) is 12.1. The molecule has 4 N–H and O–H groups in total. The zero-order chi connectivity index (χ0) is 33.5. The molecule has 2 aliphatic heterocycles. The molecular formula is C30H47IN6O7. The number of carboxylic acid groups (broad SMARTS) is 1. The summed E-state index contributed by atoms with van der Waals surface area (Å²) in [5.41, 5.74) is 4.21. The third kappa shape index (κ3) is 15.7. The van der Waals surface area contributed by atoms with Gasteiger partial charge in [0.2, 0.25) is 5.91 Å². The Morgan fingerprint density at radius 1 is 0.886 bits per heavy atom. The van der Waals surface area contributed by atoms with Crippen molar-refractivity contribution in [1.82, 2.24) is 19.8 Å². The van der Waals surface area contributed by atoms with Crippen molar-refractivity contribution in [1.29, 1.82) is 0 Å². The summed E-state index contributed by atoms with van der Waals surface area (Å²) in [6, 6.07) is 10.7. The molecule has 2 aromatic rings. The molecule has 0 saturated carbocycles. The Balaban J connectivity index is 0.000000670. The average molecular weight is 732 g/mol. The summed E-state index contributed by atoms with van der Waals surface area (Å²) in [4.78, 5) is 56.6. The summed E-state index contributed by atoms with van der Waals surface area (Å²) in [5, 5.41) is 11.3. The highest BCUT2D eigenvalue weighted by Gasteiger charge is 2.38. The molecule has 2 fully saturated rings. The molecule has 0 unspecified atom stereocenters. The van der Waals surface area contributed by atoms with Gasteiger partial charge in [-0.25, -0.2) is 19.6 Å². The number of amides is 3. The van der Waals surface area contributed by atoms with Gasteiger partial charge in [-0.05, 0) is 70.7 Å². The van der Waals surface area contributed by atoms with Crippen LogP contribution in [0.1, 0.15) is 50.3 Å². The number of aliphatic carboxylic acids is 1. The lowest BCUT2D eigenvalue weighted by Gasteiger charge is -2.38. The van der Waals surface area contributed by atoms with Gasteiger partial charge in [-0.1, -0.05) is 42.2 Å². The van der Waals surface area contributed by atoms with E-state index in [9.17, 15) is 19.2 Å². The number of nitrogen functional groups attached to an aromatic ring is 1. The van der Waals surface area contributed by atoms with E-state index in [2.05, 4.69) is 15.3 Å². The fourth-order valence-corrected chi connectivity index (χ4v) is 3.27. The maximum absolute atomic E-state index is 11.9. The summed E-state index contributed by atoms with van der Waals surface area (Å²) in [5.74, 6) is -0.518. The first-order valence-electron chi connectivity index (χ1n) is 14.1. The number of likely N-dealkylation sites (tertiary alicyclic amines) is 2. The van der Waals surface area contributed by atoms with E-state index in [0.717, 1.165) is 0 Å². The lowest BCUT2D eigenvalue weighted by atomic mass is 10.00. The van der Waals surface area contributed by atoms with E-state index >= 15 is 0 Å². The number of hydrogen-bond donors (Lipinski definition) is 3. The molecule has 0 spiro atoms. The Morgan fingerprint density at radius 3 is 1.64 bits per heavy atom. The minimum atomic E-state index is -0.857. The number of ether oxygens (including phenoxy) is 2. The lowest BCUT2D eigenvalue weighted by molar-refractivity contribution is -0.146. The van der Waals surface area contributed by atoms with Crippen LogP contribution in [0.3, 0.4) is 0 Å². The van der Waals surface area contributed by atoms with Crippen LogP contribution >= 0.6 is 22.6 Å². The number of carbonyl (C=O) groups excluding carboxylic acids is 3. The Labute approximate surface area is 275 Å². The number of anilines is 2. The fourth-order valence-electron chi connectivity index (χ4n) is 3.27.